The first kappa shape index (κ1) is 15.4. The van der Waals surface area contributed by atoms with Crippen LogP contribution in [0.4, 0.5) is 10.5 Å². The Bertz CT molecular complexity index is 843. The molecule has 0 radical (unpaired) electrons. The van der Waals surface area contributed by atoms with E-state index < -0.39 is 0 Å². The van der Waals surface area contributed by atoms with Gasteiger partial charge in [0.15, 0.2) is 0 Å². The predicted octanol–water partition coefficient (Wildman–Crippen LogP) is 3.66. The minimum atomic E-state index is -0.257. The van der Waals surface area contributed by atoms with Gasteiger partial charge in [-0.15, -0.1) is 0 Å². The molecule has 3 rings (SSSR count). The molecule has 2 N–H and O–H groups in total. The van der Waals surface area contributed by atoms with Crippen LogP contribution in [0.3, 0.4) is 0 Å². The Hall–Kier alpha value is -2.53. The number of halogens is 1. The van der Waals surface area contributed by atoms with E-state index in [1.807, 2.05) is 35.7 Å². The largest absolute Gasteiger partial charge is 0.337 e. The van der Waals surface area contributed by atoms with Gasteiger partial charge in [-0.2, -0.15) is 0 Å². The third kappa shape index (κ3) is 3.81. The average molecular weight is 329 g/mol. The third-order valence-electron chi connectivity index (χ3n) is 3.49. The Labute approximate surface area is 139 Å². The molecule has 118 valence electrons. The van der Waals surface area contributed by atoms with E-state index in [4.69, 9.17) is 11.6 Å². The first-order chi connectivity index (χ1) is 11.1. The first-order valence-electron chi connectivity index (χ1n) is 7.36. The molecule has 6 heteroatoms. The summed E-state index contributed by atoms with van der Waals surface area (Å²) in [5, 5.41) is 6.15. The number of rotatable bonds is 4. The number of nitrogens with zero attached hydrogens (tertiary/aromatic N) is 2. The molecular weight excluding hydrogens is 312 g/mol. The lowest BCUT2D eigenvalue weighted by molar-refractivity contribution is 0.252. The minimum Gasteiger partial charge on any atom is -0.337 e. The lowest BCUT2D eigenvalue weighted by atomic mass is 10.3. The summed E-state index contributed by atoms with van der Waals surface area (Å²) in [4.78, 5) is 16.4. The highest BCUT2D eigenvalue weighted by molar-refractivity contribution is 6.30. The number of anilines is 1. The van der Waals surface area contributed by atoms with E-state index in [0.717, 1.165) is 17.0 Å². The van der Waals surface area contributed by atoms with E-state index in [1.165, 1.54) is 0 Å². The Morgan fingerprint density at radius 2 is 2.09 bits per heavy atom. The van der Waals surface area contributed by atoms with Crippen molar-refractivity contribution in [3.05, 3.63) is 65.1 Å². The highest BCUT2D eigenvalue weighted by atomic mass is 35.5. The lowest BCUT2D eigenvalue weighted by Gasteiger charge is -2.07. The van der Waals surface area contributed by atoms with Crippen LogP contribution in [0.15, 0.2) is 48.7 Å². The first-order valence-corrected chi connectivity index (χ1v) is 7.73. The number of nitrogens with one attached hydrogen (secondary N) is 2. The summed E-state index contributed by atoms with van der Waals surface area (Å²) >= 11 is 5.88. The van der Waals surface area contributed by atoms with Crippen LogP contribution in [0.2, 0.25) is 5.02 Å². The van der Waals surface area contributed by atoms with E-state index in [9.17, 15) is 4.79 Å². The smallest absolute Gasteiger partial charge is 0.319 e. The SMILES string of the molecule is Cc1cccc2nc(CCNC(=O)Nc3cccc(Cl)c3)cn12. The number of benzene rings is 1. The highest BCUT2D eigenvalue weighted by Gasteiger charge is 2.05. The van der Waals surface area contributed by atoms with Crippen LogP contribution >= 0.6 is 11.6 Å². The van der Waals surface area contributed by atoms with E-state index in [1.54, 1.807) is 24.3 Å². The van der Waals surface area contributed by atoms with Crippen LogP contribution in [0.1, 0.15) is 11.4 Å². The van der Waals surface area contributed by atoms with Crippen molar-refractivity contribution in [3.8, 4) is 0 Å². The molecule has 2 amide bonds. The molecule has 0 aliphatic carbocycles. The predicted molar refractivity (Wildman–Crippen MR) is 92.1 cm³/mol. The van der Waals surface area contributed by atoms with E-state index in [2.05, 4.69) is 15.6 Å². The summed E-state index contributed by atoms with van der Waals surface area (Å²) in [7, 11) is 0. The summed E-state index contributed by atoms with van der Waals surface area (Å²) < 4.78 is 2.04. The molecular formula is C17H17ClN4O. The molecule has 23 heavy (non-hydrogen) atoms. The fraction of sp³-hybridized carbons (Fsp3) is 0.176. The molecule has 0 bridgehead atoms. The van der Waals surface area contributed by atoms with Gasteiger partial charge in [0.05, 0.1) is 5.69 Å². The maximum atomic E-state index is 11.8. The van der Waals surface area contributed by atoms with Crippen molar-refractivity contribution in [1.82, 2.24) is 14.7 Å². The van der Waals surface area contributed by atoms with Crippen LogP contribution < -0.4 is 10.6 Å². The summed E-state index contributed by atoms with van der Waals surface area (Å²) in [5.41, 5.74) is 3.66. The zero-order valence-electron chi connectivity index (χ0n) is 12.7. The third-order valence-corrected chi connectivity index (χ3v) is 3.73. The fourth-order valence-electron chi connectivity index (χ4n) is 2.36. The molecule has 0 saturated heterocycles. The van der Waals surface area contributed by atoms with Gasteiger partial charge in [-0.1, -0.05) is 23.7 Å². The zero-order valence-corrected chi connectivity index (χ0v) is 13.5. The molecule has 0 saturated carbocycles. The van der Waals surface area contributed by atoms with Gasteiger partial charge >= 0.3 is 6.03 Å². The second-order valence-corrected chi connectivity index (χ2v) is 5.71. The Morgan fingerprint density at radius 1 is 1.26 bits per heavy atom. The fourth-order valence-corrected chi connectivity index (χ4v) is 2.56. The number of hydrogen-bond donors (Lipinski definition) is 2. The molecule has 1 aromatic carbocycles. The molecule has 0 aliphatic heterocycles. The maximum absolute atomic E-state index is 11.8. The van der Waals surface area contributed by atoms with Crippen LogP contribution in [-0.4, -0.2) is 22.0 Å². The Balaban J connectivity index is 1.54. The summed E-state index contributed by atoms with van der Waals surface area (Å²) in [6.07, 6.45) is 2.67. The number of pyridine rings is 1. The highest BCUT2D eigenvalue weighted by Crippen LogP contribution is 2.14. The van der Waals surface area contributed by atoms with Crippen molar-refractivity contribution < 1.29 is 4.79 Å². The van der Waals surface area contributed by atoms with Gasteiger partial charge in [-0.25, -0.2) is 9.78 Å². The molecule has 5 nitrogen and oxygen atoms in total. The second kappa shape index (κ2) is 6.71. The maximum Gasteiger partial charge on any atom is 0.319 e. The lowest BCUT2D eigenvalue weighted by Crippen LogP contribution is -2.30. The van der Waals surface area contributed by atoms with Crippen molar-refractivity contribution >= 4 is 29.0 Å². The molecule has 2 aromatic heterocycles. The van der Waals surface area contributed by atoms with Gasteiger partial charge in [0, 0.05) is 35.6 Å². The van der Waals surface area contributed by atoms with Gasteiger partial charge < -0.3 is 15.0 Å². The van der Waals surface area contributed by atoms with Gasteiger partial charge in [0.2, 0.25) is 0 Å². The van der Waals surface area contributed by atoms with Gasteiger partial charge in [0.25, 0.3) is 0 Å². The number of carbonyl (C=O) groups excluding carboxylic acids is 1. The summed E-state index contributed by atoms with van der Waals surface area (Å²) in [6, 6.07) is 12.8. The quantitative estimate of drug-likeness (QED) is 0.768. The number of aromatic nitrogens is 2. The topological polar surface area (TPSA) is 58.4 Å². The monoisotopic (exact) mass is 328 g/mol. The van der Waals surface area contributed by atoms with Crippen LogP contribution in [0, 0.1) is 6.92 Å². The number of imidazole rings is 1. The molecule has 0 aliphatic rings. The number of aryl methyl sites for hydroxylation is 1. The van der Waals surface area contributed by atoms with Crippen molar-refractivity contribution in [2.75, 3.05) is 11.9 Å². The zero-order chi connectivity index (χ0) is 16.2. The van der Waals surface area contributed by atoms with E-state index in [-0.39, 0.29) is 6.03 Å². The van der Waals surface area contributed by atoms with Crippen molar-refractivity contribution in [2.24, 2.45) is 0 Å². The van der Waals surface area contributed by atoms with Gasteiger partial charge in [0.1, 0.15) is 5.65 Å². The molecule has 0 fully saturated rings. The Kier molecular flexibility index (Phi) is 4.48. The summed E-state index contributed by atoms with van der Waals surface area (Å²) in [6.45, 7) is 2.55. The number of hydrogen-bond acceptors (Lipinski definition) is 2. The number of amides is 2. The van der Waals surface area contributed by atoms with Gasteiger partial charge in [-0.3, -0.25) is 0 Å². The minimum absolute atomic E-state index is 0.257. The Morgan fingerprint density at radius 3 is 2.87 bits per heavy atom. The second-order valence-electron chi connectivity index (χ2n) is 5.27. The normalized spacial score (nSPS) is 10.7. The van der Waals surface area contributed by atoms with Gasteiger partial charge in [-0.05, 0) is 37.3 Å². The molecule has 3 aromatic rings. The van der Waals surface area contributed by atoms with Crippen molar-refractivity contribution in [1.29, 1.82) is 0 Å². The van der Waals surface area contributed by atoms with E-state index in [0.29, 0.717) is 23.7 Å². The molecule has 0 atom stereocenters. The molecule has 0 unspecified atom stereocenters. The van der Waals surface area contributed by atoms with Crippen molar-refractivity contribution in [2.45, 2.75) is 13.3 Å². The van der Waals surface area contributed by atoms with E-state index >= 15 is 0 Å². The van der Waals surface area contributed by atoms with Crippen LogP contribution in [0.5, 0.6) is 0 Å². The standard InChI is InChI=1S/C17H17ClN4O/c1-12-4-2-7-16-20-15(11-22(12)16)8-9-19-17(23)21-14-6-3-5-13(18)10-14/h2-7,10-11H,8-9H2,1H3,(H2,19,21,23). The molecule has 2 heterocycles. The van der Waals surface area contributed by atoms with Crippen LogP contribution in [-0.2, 0) is 6.42 Å². The van der Waals surface area contributed by atoms with Crippen molar-refractivity contribution in [3.63, 3.8) is 0 Å². The number of carbonyl (C=O) groups is 1. The molecule has 0 spiro atoms. The van der Waals surface area contributed by atoms with Crippen LogP contribution in [0.25, 0.3) is 5.65 Å². The number of urea groups is 1. The average Bonchev–Trinajstić information content (AvgIpc) is 2.91. The number of fused-ring (bicyclic) bond motifs is 1. The summed E-state index contributed by atoms with van der Waals surface area (Å²) in [5.74, 6) is 0.